The van der Waals surface area contributed by atoms with Crippen LogP contribution >= 0.6 is 0 Å². The van der Waals surface area contributed by atoms with Crippen LogP contribution in [0, 0.1) is 6.92 Å². The number of oxazole rings is 1. The molecule has 1 aromatic carbocycles. The first-order chi connectivity index (χ1) is 12.1. The molecule has 0 aliphatic carbocycles. The Labute approximate surface area is 147 Å². The average molecular weight is 337 g/mol. The number of fused-ring (bicyclic) bond motifs is 1. The monoisotopic (exact) mass is 337 g/mol. The van der Waals surface area contributed by atoms with Gasteiger partial charge in [0.1, 0.15) is 5.52 Å². The maximum atomic E-state index is 13.0. The van der Waals surface area contributed by atoms with Crippen molar-refractivity contribution in [1.29, 1.82) is 0 Å². The van der Waals surface area contributed by atoms with Crippen molar-refractivity contribution >= 4 is 17.0 Å². The molecule has 0 radical (unpaired) electrons. The molecule has 0 saturated carbocycles. The van der Waals surface area contributed by atoms with E-state index in [1.807, 2.05) is 37.5 Å². The second-order valence-electron chi connectivity index (χ2n) is 6.28. The average Bonchev–Trinajstić information content (AvgIpc) is 3.01. The molecule has 0 fully saturated rings. The highest BCUT2D eigenvalue weighted by molar-refractivity contribution is 5.97. The standard InChI is InChI=1S/C20H23N3O2/c1-4-5-8-18(16-7-6-11-21-13-16)23(3)20(24)15-9-10-17-19(12-15)25-14(2)22-17/h6-7,9-13,18H,4-5,8H2,1-3H3. The Kier molecular flexibility index (Phi) is 5.12. The van der Waals surface area contributed by atoms with Crippen molar-refractivity contribution in [3.05, 3.63) is 59.7 Å². The van der Waals surface area contributed by atoms with Crippen molar-refractivity contribution in [2.24, 2.45) is 0 Å². The molecule has 0 aliphatic rings. The van der Waals surface area contributed by atoms with E-state index in [1.165, 1.54) is 0 Å². The minimum atomic E-state index is -0.0269. The maximum absolute atomic E-state index is 13.0. The van der Waals surface area contributed by atoms with Gasteiger partial charge < -0.3 is 9.32 Å². The number of benzene rings is 1. The highest BCUT2D eigenvalue weighted by atomic mass is 16.3. The van der Waals surface area contributed by atoms with Gasteiger partial charge >= 0.3 is 0 Å². The molecule has 1 amide bonds. The smallest absolute Gasteiger partial charge is 0.254 e. The molecule has 5 nitrogen and oxygen atoms in total. The van der Waals surface area contributed by atoms with Crippen LogP contribution < -0.4 is 0 Å². The number of nitrogens with zero attached hydrogens (tertiary/aromatic N) is 3. The van der Waals surface area contributed by atoms with Crippen LogP contribution in [0.25, 0.3) is 11.1 Å². The van der Waals surface area contributed by atoms with Gasteiger partial charge in [0, 0.05) is 31.9 Å². The van der Waals surface area contributed by atoms with Crippen molar-refractivity contribution in [1.82, 2.24) is 14.9 Å². The Balaban J connectivity index is 1.88. The van der Waals surface area contributed by atoms with Crippen molar-refractivity contribution in [2.75, 3.05) is 7.05 Å². The van der Waals surface area contributed by atoms with Gasteiger partial charge in [-0.1, -0.05) is 25.8 Å². The Hall–Kier alpha value is -2.69. The number of rotatable bonds is 6. The molecule has 130 valence electrons. The highest BCUT2D eigenvalue weighted by Crippen LogP contribution is 2.27. The summed E-state index contributed by atoms with van der Waals surface area (Å²) in [5.74, 6) is 0.574. The number of unbranched alkanes of at least 4 members (excludes halogenated alkanes) is 1. The maximum Gasteiger partial charge on any atom is 0.254 e. The molecule has 0 aliphatic heterocycles. The van der Waals surface area contributed by atoms with Crippen LogP contribution in [-0.4, -0.2) is 27.8 Å². The van der Waals surface area contributed by atoms with E-state index in [2.05, 4.69) is 16.9 Å². The van der Waals surface area contributed by atoms with Crippen LogP contribution in [0.15, 0.2) is 47.1 Å². The number of hydrogen-bond donors (Lipinski definition) is 0. The summed E-state index contributed by atoms with van der Waals surface area (Å²) in [6.45, 7) is 3.96. The zero-order chi connectivity index (χ0) is 17.8. The second-order valence-corrected chi connectivity index (χ2v) is 6.28. The molecule has 3 aromatic rings. The number of pyridine rings is 1. The summed E-state index contributed by atoms with van der Waals surface area (Å²) in [5, 5.41) is 0. The van der Waals surface area contributed by atoms with Gasteiger partial charge in [-0.2, -0.15) is 0 Å². The van der Waals surface area contributed by atoms with E-state index >= 15 is 0 Å². The first kappa shape index (κ1) is 17.1. The predicted octanol–water partition coefficient (Wildman–Crippen LogP) is 4.53. The fraction of sp³-hybridized carbons (Fsp3) is 0.350. The lowest BCUT2D eigenvalue weighted by atomic mass is 10.0. The quantitative estimate of drug-likeness (QED) is 0.663. The largest absolute Gasteiger partial charge is 0.441 e. The number of amides is 1. The van der Waals surface area contributed by atoms with E-state index in [0.717, 1.165) is 30.3 Å². The molecule has 5 heteroatoms. The number of carbonyl (C=O) groups is 1. The number of aromatic nitrogens is 2. The van der Waals surface area contributed by atoms with Crippen LogP contribution in [0.1, 0.15) is 54.0 Å². The SMILES string of the molecule is CCCCC(c1cccnc1)N(C)C(=O)c1ccc2nc(C)oc2c1. The molecule has 1 atom stereocenters. The van der Waals surface area contributed by atoms with Crippen molar-refractivity contribution in [3.8, 4) is 0 Å². The van der Waals surface area contributed by atoms with Gasteiger partial charge in [0.05, 0.1) is 6.04 Å². The Bertz CT molecular complexity index is 858. The summed E-state index contributed by atoms with van der Waals surface area (Å²) in [6.07, 6.45) is 6.64. The van der Waals surface area contributed by atoms with Gasteiger partial charge in [-0.3, -0.25) is 9.78 Å². The van der Waals surface area contributed by atoms with Gasteiger partial charge in [0.2, 0.25) is 0 Å². The molecule has 0 saturated heterocycles. The summed E-state index contributed by atoms with van der Waals surface area (Å²) in [5.41, 5.74) is 3.08. The van der Waals surface area contributed by atoms with E-state index in [4.69, 9.17) is 4.42 Å². The van der Waals surface area contributed by atoms with Crippen LogP contribution in [-0.2, 0) is 0 Å². The fourth-order valence-electron chi connectivity index (χ4n) is 3.07. The minimum Gasteiger partial charge on any atom is -0.441 e. The van der Waals surface area contributed by atoms with Crippen LogP contribution in [0.5, 0.6) is 0 Å². The molecule has 3 rings (SSSR count). The van der Waals surface area contributed by atoms with E-state index in [1.54, 1.807) is 24.1 Å². The summed E-state index contributed by atoms with van der Waals surface area (Å²) < 4.78 is 5.56. The van der Waals surface area contributed by atoms with Crippen LogP contribution in [0.2, 0.25) is 0 Å². The Morgan fingerprint density at radius 1 is 1.32 bits per heavy atom. The topological polar surface area (TPSA) is 59.2 Å². The lowest BCUT2D eigenvalue weighted by molar-refractivity contribution is 0.0720. The number of hydrogen-bond acceptors (Lipinski definition) is 4. The lowest BCUT2D eigenvalue weighted by Gasteiger charge is -2.28. The highest BCUT2D eigenvalue weighted by Gasteiger charge is 2.23. The molecule has 2 aromatic heterocycles. The van der Waals surface area contributed by atoms with Crippen molar-refractivity contribution < 1.29 is 9.21 Å². The fourth-order valence-corrected chi connectivity index (χ4v) is 3.07. The van der Waals surface area contributed by atoms with Gasteiger partial charge in [-0.25, -0.2) is 4.98 Å². The number of aryl methyl sites for hydroxylation is 1. The van der Waals surface area contributed by atoms with Crippen LogP contribution in [0.3, 0.4) is 0 Å². The summed E-state index contributed by atoms with van der Waals surface area (Å²) in [7, 11) is 1.85. The molecule has 25 heavy (non-hydrogen) atoms. The number of carbonyl (C=O) groups excluding carboxylic acids is 1. The molecule has 0 spiro atoms. The summed E-state index contributed by atoms with van der Waals surface area (Å²) in [6, 6.07) is 9.36. The Morgan fingerprint density at radius 3 is 2.88 bits per heavy atom. The normalized spacial score (nSPS) is 12.3. The zero-order valence-corrected chi connectivity index (χ0v) is 14.9. The van der Waals surface area contributed by atoms with Gasteiger partial charge in [0.25, 0.3) is 5.91 Å². The molecular formula is C20H23N3O2. The van der Waals surface area contributed by atoms with Crippen molar-refractivity contribution in [3.63, 3.8) is 0 Å². The third kappa shape index (κ3) is 3.71. The molecule has 1 unspecified atom stereocenters. The molecular weight excluding hydrogens is 314 g/mol. The van der Waals surface area contributed by atoms with E-state index < -0.39 is 0 Å². The zero-order valence-electron chi connectivity index (χ0n) is 14.9. The van der Waals surface area contributed by atoms with Gasteiger partial charge in [0.15, 0.2) is 11.5 Å². The Morgan fingerprint density at radius 2 is 2.16 bits per heavy atom. The molecule has 0 N–H and O–H groups in total. The lowest BCUT2D eigenvalue weighted by Crippen LogP contribution is -2.31. The van der Waals surface area contributed by atoms with Gasteiger partial charge in [-0.15, -0.1) is 0 Å². The molecule has 2 heterocycles. The molecule has 0 bridgehead atoms. The van der Waals surface area contributed by atoms with Gasteiger partial charge in [-0.05, 0) is 36.2 Å². The van der Waals surface area contributed by atoms with Crippen molar-refractivity contribution in [2.45, 2.75) is 39.2 Å². The van der Waals surface area contributed by atoms with Crippen LogP contribution in [0.4, 0.5) is 0 Å². The second kappa shape index (κ2) is 7.47. The predicted molar refractivity (Wildman–Crippen MR) is 97.3 cm³/mol. The first-order valence-electron chi connectivity index (χ1n) is 8.64. The third-order valence-corrected chi connectivity index (χ3v) is 4.43. The van der Waals surface area contributed by atoms with E-state index in [9.17, 15) is 4.79 Å². The third-order valence-electron chi connectivity index (χ3n) is 4.43. The summed E-state index contributed by atoms with van der Waals surface area (Å²) >= 11 is 0. The van der Waals surface area contributed by atoms with E-state index in [-0.39, 0.29) is 11.9 Å². The summed E-state index contributed by atoms with van der Waals surface area (Å²) in [4.78, 5) is 23.3. The van der Waals surface area contributed by atoms with E-state index in [0.29, 0.717) is 17.0 Å². The first-order valence-corrected chi connectivity index (χ1v) is 8.64. The minimum absolute atomic E-state index is 0.00769.